The predicted octanol–water partition coefficient (Wildman–Crippen LogP) is 5.71. The van der Waals surface area contributed by atoms with Crippen molar-refractivity contribution >= 4 is 23.1 Å². The summed E-state index contributed by atoms with van der Waals surface area (Å²) in [5.74, 6) is -2.45. The van der Waals surface area contributed by atoms with Gasteiger partial charge in [-0.15, -0.1) is 13.2 Å². The van der Waals surface area contributed by atoms with E-state index in [0.29, 0.717) is 17.9 Å². The van der Waals surface area contributed by atoms with Crippen LogP contribution in [0.3, 0.4) is 0 Å². The standard InChI is InChI=1S/C28H24F3NO7/c1-3-37-20-13-14-21(22(15-20)38-4-2)25(34)23-24(16-5-9-18(33)10-6-16)32(27(36)26(23)35)17-7-11-19(12-8-17)39-28(29,30)31/h5-15,24,33-34H,3-4H2,1-2H3/b25-23-. The number of Topliss-reactive ketones (excluding diaryl/α,β-unsaturated/α-hetero) is 1. The third-order valence-corrected chi connectivity index (χ3v) is 5.82. The number of benzene rings is 3. The summed E-state index contributed by atoms with van der Waals surface area (Å²) in [6.07, 6.45) is -4.91. The average Bonchev–Trinajstić information content (AvgIpc) is 3.14. The number of carbonyl (C=O) groups excluding carboxylic acids is 2. The molecule has 1 fully saturated rings. The topological polar surface area (TPSA) is 106 Å². The van der Waals surface area contributed by atoms with Crippen molar-refractivity contribution in [3.8, 4) is 23.0 Å². The van der Waals surface area contributed by atoms with E-state index in [1.165, 1.54) is 42.5 Å². The van der Waals surface area contributed by atoms with Gasteiger partial charge in [-0.3, -0.25) is 14.5 Å². The summed E-state index contributed by atoms with van der Waals surface area (Å²) in [5.41, 5.74) is 0.302. The van der Waals surface area contributed by atoms with Crippen LogP contribution in [0.2, 0.25) is 0 Å². The Kier molecular flexibility index (Phi) is 7.70. The first-order valence-electron chi connectivity index (χ1n) is 11.9. The lowest BCUT2D eigenvalue weighted by molar-refractivity contribution is -0.274. The van der Waals surface area contributed by atoms with Gasteiger partial charge < -0.3 is 24.4 Å². The molecule has 1 amide bonds. The fourth-order valence-electron chi connectivity index (χ4n) is 4.25. The number of phenols is 1. The highest BCUT2D eigenvalue weighted by Gasteiger charge is 2.47. The van der Waals surface area contributed by atoms with Crippen molar-refractivity contribution < 1.29 is 47.2 Å². The molecule has 39 heavy (non-hydrogen) atoms. The Morgan fingerprint density at radius 2 is 1.51 bits per heavy atom. The summed E-state index contributed by atoms with van der Waals surface area (Å²) in [7, 11) is 0. The molecule has 0 aliphatic carbocycles. The zero-order valence-corrected chi connectivity index (χ0v) is 20.9. The molecule has 1 unspecified atom stereocenters. The van der Waals surface area contributed by atoms with Gasteiger partial charge in [0.2, 0.25) is 0 Å². The van der Waals surface area contributed by atoms with E-state index in [0.717, 1.165) is 17.0 Å². The van der Waals surface area contributed by atoms with Gasteiger partial charge in [-0.2, -0.15) is 0 Å². The smallest absolute Gasteiger partial charge is 0.508 e. The van der Waals surface area contributed by atoms with Crippen molar-refractivity contribution in [3.63, 3.8) is 0 Å². The number of phenolic OH excluding ortho intramolecular Hbond substituents is 1. The highest BCUT2D eigenvalue weighted by Crippen LogP contribution is 2.44. The Labute approximate surface area is 221 Å². The molecular weight excluding hydrogens is 519 g/mol. The first-order valence-corrected chi connectivity index (χ1v) is 11.9. The number of rotatable bonds is 8. The van der Waals surface area contributed by atoms with E-state index in [2.05, 4.69) is 4.74 Å². The summed E-state index contributed by atoms with van der Waals surface area (Å²) in [4.78, 5) is 27.7. The molecule has 4 rings (SSSR count). The van der Waals surface area contributed by atoms with Crippen molar-refractivity contribution in [1.82, 2.24) is 0 Å². The largest absolute Gasteiger partial charge is 0.573 e. The van der Waals surface area contributed by atoms with Crippen LogP contribution in [0.1, 0.15) is 31.0 Å². The molecule has 0 spiro atoms. The number of halogens is 3. The molecule has 1 aliphatic rings. The predicted molar refractivity (Wildman–Crippen MR) is 135 cm³/mol. The lowest BCUT2D eigenvalue weighted by Crippen LogP contribution is -2.29. The van der Waals surface area contributed by atoms with E-state index >= 15 is 0 Å². The van der Waals surface area contributed by atoms with E-state index in [-0.39, 0.29) is 34.9 Å². The number of carbonyl (C=O) groups is 2. The van der Waals surface area contributed by atoms with E-state index in [1.807, 2.05) is 0 Å². The second-order valence-corrected chi connectivity index (χ2v) is 8.33. The van der Waals surface area contributed by atoms with Gasteiger partial charge >= 0.3 is 6.36 Å². The van der Waals surface area contributed by atoms with Gasteiger partial charge in [0.05, 0.1) is 30.4 Å². The summed E-state index contributed by atoms with van der Waals surface area (Å²) in [6.45, 7) is 4.15. The van der Waals surface area contributed by atoms with Crippen LogP contribution >= 0.6 is 0 Å². The lowest BCUT2D eigenvalue weighted by Gasteiger charge is -2.26. The monoisotopic (exact) mass is 543 g/mol. The minimum absolute atomic E-state index is 0.0745. The van der Waals surface area contributed by atoms with Crippen molar-refractivity contribution in [3.05, 3.63) is 83.4 Å². The molecule has 1 saturated heterocycles. The maximum absolute atomic E-state index is 13.4. The first-order chi connectivity index (χ1) is 18.5. The third kappa shape index (κ3) is 5.77. The number of aliphatic hydroxyl groups is 1. The van der Waals surface area contributed by atoms with Crippen LogP contribution in [0.25, 0.3) is 5.76 Å². The molecule has 3 aromatic carbocycles. The maximum Gasteiger partial charge on any atom is 0.573 e. The van der Waals surface area contributed by atoms with E-state index in [1.54, 1.807) is 26.0 Å². The Morgan fingerprint density at radius 1 is 0.897 bits per heavy atom. The lowest BCUT2D eigenvalue weighted by atomic mass is 9.94. The molecule has 1 atom stereocenters. The van der Waals surface area contributed by atoms with Gasteiger partial charge in [-0.05, 0) is 67.9 Å². The summed E-state index contributed by atoms with van der Waals surface area (Å²) in [5, 5.41) is 21.2. The molecule has 8 nitrogen and oxygen atoms in total. The Morgan fingerprint density at radius 3 is 2.10 bits per heavy atom. The minimum Gasteiger partial charge on any atom is -0.508 e. The molecule has 204 valence electrons. The third-order valence-electron chi connectivity index (χ3n) is 5.82. The number of ether oxygens (including phenoxy) is 3. The fraction of sp³-hybridized carbons (Fsp3) is 0.214. The van der Waals surface area contributed by atoms with Gasteiger partial charge in [0.1, 0.15) is 28.8 Å². The molecule has 11 heteroatoms. The quantitative estimate of drug-likeness (QED) is 0.213. The number of nitrogens with zero attached hydrogens (tertiary/aromatic N) is 1. The minimum atomic E-state index is -4.91. The molecule has 0 bridgehead atoms. The number of aliphatic hydroxyl groups excluding tert-OH is 1. The highest BCUT2D eigenvalue weighted by molar-refractivity contribution is 6.51. The van der Waals surface area contributed by atoms with E-state index < -0.39 is 35.6 Å². The van der Waals surface area contributed by atoms with Crippen molar-refractivity contribution in [1.29, 1.82) is 0 Å². The Bertz CT molecular complexity index is 1400. The van der Waals surface area contributed by atoms with Crippen LogP contribution in [0.4, 0.5) is 18.9 Å². The molecule has 0 radical (unpaired) electrons. The van der Waals surface area contributed by atoms with E-state index in [9.17, 15) is 33.0 Å². The number of amides is 1. The fourth-order valence-corrected chi connectivity index (χ4v) is 4.25. The number of hydrogen-bond donors (Lipinski definition) is 2. The van der Waals surface area contributed by atoms with Crippen LogP contribution in [0.15, 0.2) is 72.3 Å². The van der Waals surface area contributed by atoms with Gasteiger partial charge in [-0.1, -0.05) is 12.1 Å². The second kappa shape index (κ2) is 11.0. The molecule has 1 aliphatic heterocycles. The van der Waals surface area contributed by atoms with Crippen molar-refractivity contribution in [2.45, 2.75) is 26.3 Å². The molecule has 0 saturated carbocycles. The normalized spacial score (nSPS) is 16.8. The second-order valence-electron chi connectivity index (χ2n) is 8.33. The number of aromatic hydroxyl groups is 1. The van der Waals surface area contributed by atoms with Gasteiger partial charge in [0.15, 0.2) is 0 Å². The number of ketones is 1. The zero-order valence-electron chi connectivity index (χ0n) is 20.9. The van der Waals surface area contributed by atoms with Crippen molar-refractivity contribution in [2.24, 2.45) is 0 Å². The summed E-state index contributed by atoms with van der Waals surface area (Å²) in [6, 6.07) is 13.5. The van der Waals surface area contributed by atoms with Gasteiger partial charge in [0, 0.05) is 11.8 Å². The Hall–Kier alpha value is -4.67. The van der Waals surface area contributed by atoms with Crippen LogP contribution < -0.4 is 19.1 Å². The van der Waals surface area contributed by atoms with Crippen LogP contribution in [0.5, 0.6) is 23.0 Å². The SMILES string of the molecule is CCOc1ccc(/C(O)=C2/C(=O)C(=O)N(c3ccc(OC(F)(F)F)cc3)C2c2ccc(O)cc2)c(OCC)c1. The van der Waals surface area contributed by atoms with Gasteiger partial charge in [0.25, 0.3) is 11.7 Å². The number of alkyl halides is 3. The molecule has 1 heterocycles. The zero-order chi connectivity index (χ0) is 28.3. The molecular formula is C28H24F3NO7. The summed E-state index contributed by atoms with van der Waals surface area (Å²) < 4.78 is 52.9. The highest BCUT2D eigenvalue weighted by atomic mass is 19.4. The summed E-state index contributed by atoms with van der Waals surface area (Å²) >= 11 is 0. The van der Waals surface area contributed by atoms with Crippen LogP contribution in [-0.4, -0.2) is 41.5 Å². The number of hydrogen-bond acceptors (Lipinski definition) is 7. The molecule has 3 aromatic rings. The van der Waals surface area contributed by atoms with Crippen molar-refractivity contribution in [2.75, 3.05) is 18.1 Å². The Balaban J connectivity index is 1.87. The average molecular weight is 543 g/mol. The maximum atomic E-state index is 13.4. The van der Waals surface area contributed by atoms with Crippen LogP contribution in [-0.2, 0) is 9.59 Å². The first kappa shape index (κ1) is 27.4. The van der Waals surface area contributed by atoms with E-state index in [4.69, 9.17) is 9.47 Å². The molecule has 2 N–H and O–H groups in total. The van der Waals surface area contributed by atoms with Crippen LogP contribution in [0, 0.1) is 0 Å². The number of anilines is 1. The molecule has 0 aromatic heterocycles. The van der Waals surface area contributed by atoms with Gasteiger partial charge in [-0.25, -0.2) is 0 Å².